The molecule has 0 atom stereocenters. The standard InChI is InChI=1S/C14H26O4S2/c1-12(2)6-4-3-5-9-18-14(17)8-11-20-19-10-7-13(15)16/h12H,3-11H2,1-2H3,(H,15,16). The number of ether oxygens (including phenoxy) is 1. The summed E-state index contributed by atoms with van der Waals surface area (Å²) in [7, 11) is 3.02. The van der Waals surface area contributed by atoms with Crippen LogP contribution in [0.5, 0.6) is 0 Å². The largest absolute Gasteiger partial charge is 0.481 e. The summed E-state index contributed by atoms with van der Waals surface area (Å²) in [6.07, 6.45) is 5.06. The minimum absolute atomic E-state index is 0.153. The van der Waals surface area contributed by atoms with Crippen molar-refractivity contribution < 1.29 is 19.4 Å². The Morgan fingerprint density at radius 1 is 1.05 bits per heavy atom. The molecule has 0 aromatic rings. The molecule has 0 heterocycles. The highest BCUT2D eigenvalue weighted by Gasteiger charge is 2.03. The van der Waals surface area contributed by atoms with Crippen molar-refractivity contribution in [3.63, 3.8) is 0 Å². The molecule has 0 bridgehead atoms. The van der Waals surface area contributed by atoms with Crippen LogP contribution in [0.3, 0.4) is 0 Å². The van der Waals surface area contributed by atoms with Crippen molar-refractivity contribution in [2.24, 2.45) is 5.92 Å². The second-order valence-electron chi connectivity index (χ2n) is 5.00. The van der Waals surface area contributed by atoms with Crippen LogP contribution in [0.4, 0.5) is 0 Å². The number of aliphatic carboxylic acids is 1. The van der Waals surface area contributed by atoms with Gasteiger partial charge in [-0.15, -0.1) is 0 Å². The van der Waals surface area contributed by atoms with Gasteiger partial charge in [0.25, 0.3) is 0 Å². The molecule has 0 amide bonds. The van der Waals surface area contributed by atoms with Crippen LogP contribution in [0.2, 0.25) is 0 Å². The first-order valence-corrected chi connectivity index (χ1v) is 9.63. The van der Waals surface area contributed by atoms with Crippen LogP contribution in [0, 0.1) is 5.92 Å². The Kier molecular flexibility index (Phi) is 13.4. The maximum absolute atomic E-state index is 11.4. The Morgan fingerprint density at radius 3 is 2.30 bits per heavy atom. The van der Waals surface area contributed by atoms with Crippen molar-refractivity contribution in [2.45, 2.75) is 52.4 Å². The minimum Gasteiger partial charge on any atom is -0.481 e. The molecule has 0 rings (SSSR count). The van der Waals surface area contributed by atoms with Gasteiger partial charge in [0.15, 0.2) is 0 Å². The average Bonchev–Trinajstić information content (AvgIpc) is 2.37. The molecule has 6 heteroatoms. The number of rotatable bonds is 13. The summed E-state index contributed by atoms with van der Waals surface area (Å²) in [6.45, 7) is 4.95. The first-order chi connectivity index (χ1) is 9.52. The summed E-state index contributed by atoms with van der Waals surface area (Å²) in [5, 5.41) is 8.45. The van der Waals surface area contributed by atoms with E-state index in [1.165, 1.54) is 34.4 Å². The molecule has 0 unspecified atom stereocenters. The van der Waals surface area contributed by atoms with E-state index in [2.05, 4.69) is 13.8 Å². The molecule has 0 aliphatic carbocycles. The third-order valence-electron chi connectivity index (χ3n) is 2.56. The second-order valence-corrected chi connectivity index (χ2v) is 7.70. The van der Waals surface area contributed by atoms with Crippen LogP contribution in [0.25, 0.3) is 0 Å². The molecular weight excluding hydrogens is 296 g/mol. The molecule has 4 nitrogen and oxygen atoms in total. The Labute approximate surface area is 129 Å². The molecule has 0 aliphatic rings. The molecule has 0 saturated carbocycles. The lowest BCUT2D eigenvalue weighted by molar-refractivity contribution is -0.143. The molecule has 0 radical (unpaired) electrons. The number of carbonyl (C=O) groups is 2. The van der Waals surface area contributed by atoms with E-state index in [1.54, 1.807) is 0 Å². The van der Waals surface area contributed by atoms with Crippen LogP contribution in [-0.2, 0) is 14.3 Å². The SMILES string of the molecule is CC(C)CCCCCOC(=O)CCSSCCC(=O)O. The summed E-state index contributed by atoms with van der Waals surface area (Å²) < 4.78 is 5.14. The molecule has 118 valence electrons. The Balaban J connectivity index is 3.23. The Hall–Kier alpha value is -0.360. The van der Waals surface area contributed by atoms with E-state index in [0.29, 0.717) is 24.5 Å². The first kappa shape index (κ1) is 19.6. The van der Waals surface area contributed by atoms with Crippen molar-refractivity contribution in [3.8, 4) is 0 Å². The number of hydrogen-bond donors (Lipinski definition) is 1. The highest BCUT2D eigenvalue weighted by atomic mass is 33.1. The lowest BCUT2D eigenvalue weighted by Crippen LogP contribution is -2.06. The molecule has 20 heavy (non-hydrogen) atoms. The van der Waals surface area contributed by atoms with E-state index >= 15 is 0 Å². The van der Waals surface area contributed by atoms with E-state index in [0.717, 1.165) is 18.8 Å². The van der Waals surface area contributed by atoms with Crippen LogP contribution in [0.1, 0.15) is 52.4 Å². The quantitative estimate of drug-likeness (QED) is 0.314. The maximum atomic E-state index is 11.4. The van der Waals surface area contributed by atoms with E-state index in [4.69, 9.17) is 9.84 Å². The fourth-order valence-corrected chi connectivity index (χ4v) is 3.41. The van der Waals surface area contributed by atoms with Gasteiger partial charge in [-0.1, -0.05) is 54.7 Å². The predicted molar refractivity (Wildman–Crippen MR) is 86.1 cm³/mol. The lowest BCUT2D eigenvalue weighted by Gasteiger charge is -2.06. The highest BCUT2D eigenvalue weighted by Crippen LogP contribution is 2.22. The van der Waals surface area contributed by atoms with Crippen LogP contribution >= 0.6 is 21.6 Å². The zero-order chi connectivity index (χ0) is 15.2. The van der Waals surface area contributed by atoms with Gasteiger partial charge in [0, 0.05) is 11.5 Å². The average molecular weight is 322 g/mol. The summed E-state index contributed by atoms with van der Waals surface area (Å²) in [5.41, 5.74) is 0. The fraction of sp³-hybridized carbons (Fsp3) is 0.857. The van der Waals surface area contributed by atoms with Crippen LogP contribution < -0.4 is 0 Å². The van der Waals surface area contributed by atoms with E-state index in [1.807, 2.05) is 0 Å². The van der Waals surface area contributed by atoms with Gasteiger partial charge in [0.05, 0.1) is 19.4 Å². The second kappa shape index (κ2) is 13.6. The highest BCUT2D eigenvalue weighted by molar-refractivity contribution is 8.76. The van der Waals surface area contributed by atoms with Gasteiger partial charge in [-0.3, -0.25) is 9.59 Å². The lowest BCUT2D eigenvalue weighted by atomic mass is 10.1. The summed E-state index contributed by atoms with van der Waals surface area (Å²) in [5.74, 6) is 1.06. The number of hydrogen-bond acceptors (Lipinski definition) is 5. The van der Waals surface area contributed by atoms with E-state index in [-0.39, 0.29) is 12.4 Å². The molecule has 1 N–H and O–H groups in total. The van der Waals surface area contributed by atoms with Crippen LogP contribution in [0.15, 0.2) is 0 Å². The summed E-state index contributed by atoms with van der Waals surface area (Å²) in [4.78, 5) is 21.7. The summed E-state index contributed by atoms with van der Waals surface area (Å²) >= 11 is 0. The van der Waals surface area contributed by atoms with Crippen LogP contribution in [-0.4, -0.2) is 35.2 Å². The molecule has 0 aromatic carbocycles. The zero-order valence-corrected chi connectivity index (χ0v) is 14.1. The number of esters is 1. The van der Waals surface area contributed by atoms with Gasteiger partial charge < -0.3 is 9.84 Å². The molecule has 0 aliphatic heterocycles. The van der Waals surface area contributed by atoms with Crippen molar-refractivity contribution in [3.05, 3.63) is 0 Å². The monoisotopic (exact) mass is 322 g/mol. The third kappa shape index (κ3) is 15.7. The van der Waals surface area contributed by atoms with Gasteiger partial charge in [-0.05, 0) is 12.3 Å². The molecule has 0 saturated heterocycles. The normalized spacial score (nSPS) is 10.8. The van der Waals surface area contributed by atoms with E-state index < -0.39 is 5.97 Å². The topological polar surface area (TPSA) is 63.6 Å². The Morgan fingerprint density at radius 2 is 1.70 bits per heavy atom. The summed E-state index contributed by atoms with van der Waals surface area (Å²) in [6, 6.07) is 0. The van der Waals surface area contributed by atoms with E-state index in [9.17, 15) is 9.59 Å². The number of unbranched alkanes of at least 4 members (excludes halogenated alkanes) is 2. The minimum atomic E-state index is -0.782. The van der Waals surface area contributed by atoms with Crippen molar-refractivity contribution in [2.75, 3.05) is 18.1 Å². The number of carboxylic acid groups (broad SMARTS) is 1. The third-order valence-corrected chi connectivity index (χ3v) is 4.97. The maximum Gasteiger partial charge on any atom is 0.306 e. The predicted octanol–water partition coefficient (Wildman–Crippen LogP) is 3.99. The Bertz CT molecular complexity index is 270. The van der Waals surface area contributed by atoms with Crippen molar-refractivity contribution in [1.82, 2.24) is 0 Å². The number of carboxylic acids is 1. The van der Waals surface area contributed by atoms with Gasteiger partial charge in [0.1, 0.15) is 0 Å². The fourth-order valence-electron chi connectivity index (χ4n) is 1.46. The zero-order valence-electron chi connectivity index (χ0n) is 12.4. The number of carbonyl (C=O) groups excluding carboxylic acids is 1. The molecular formula is C14H26O4S2. The van der Waals surface area contributed by atoms with Crippen molar-refractivity contribution in [1.29, 1.82) is 0 Å². The van der Waals surface area contributed by atoms with Crippen molar-refractivity contribution >= 4 is 33.5 Å². The van der Waals surface area contributed by atoms with Gasteiger partial charge in [-0.25, -0.2) is 0 Å². The molecule has 0 fully saturated rings. The molecule has 0 spiro atoms. The smallest absolute Gasteiger partial charge is 0.306 e. The first-order valence-electron chi connectivity index (χ1n) is 7.14. The van der Waals surface area contributed by atoms with Gasteiger partial charge in [-0.2, -0.15) is 0 Å². The van der Waals surface area contributed by atoms with Gasteiger partial charge >= 0.3 is 11.9 Å². The molecule has 0 aromatic heterocycles. The van der Waals surface area contributed by atoms with Gasteiger partial charge in [0.2, 0.25) is 0 Å².